The number of fused-ring (bicyclic) bond motifs is 1. The van der Waals surface area contributed by atoms with Gasteiger partial charge in [-0.25, -0.2) is 0 Å². The Kier molecular flexibility index (Phi) is 7.04. The molecule has 170 valence electrons. The summed E-state index contributed by atoms with van der Waals surface area (Å²) in [6.07, 6.45) is 2.58. The number of rotatable bonds is 8. The highest BCUT2D eigenvalue weighted by Crippen LogP contribution is 2.43. The second-order valence-electron chi connectivity index (χ2n) is 8.65. The van der Waals surface area contributed by atoms with E-state index in [9.17, 15) is 4.79 Å². The molecule has 0 radical (unpaired) electrons. The molecule has 0 saturated carbocycles. The van der Waals surface area contributed by atoms with Crippen LogP contribution < -0.4 is 20.7 Å². The fraction of sp³-hybridized carbons (Fsp3) is 0.296. The molecule has 1 aliphatic rings. The minimum atomic E-state index is -0.491. The van der Waals surface area contributed by atoms with Crippen molar-refractivity contribution in [3.8, 4) is 11.5 Å². The van der Waals surface area contributed by atoms with Gasteiger partial charge in [-0.1, -0.05) is 60.1 Å². The van der Waals surface area contributed by atoms with Crippen LogP contribution in [0.4, 0.5) is 0 Å². The van der Waals surface area contributed by atoms with Crippen molar-refractivity contribution in [2.75, 3.05) is 20.8 Å². The Morgan fingerprint density at radius 3 is 2.45 bits per heavy atom. The number of carbonyl (C=O) groups excluding carboxylic acids is 1. The third kappa shape index (κ3) is 4.91. The molecule has 1 amide bonds. The van der Waals surface area contributed by atoms with Crippen LogP contribution in [0.25, 0.3) is 0 Å². The first-order valence-corrected chi connectivity index (χ1v) is 11.4. The summed E-state index contributed by atoms with van der Waals surface area (Å²) >= 11 is 0. The molecule has 0 bridgehead atoms. The molecule has 33 heavy (non-hydrogen) atoms. The van der Waals surface area contributed by atoms with Crippen LogP contribution in [-0.2, 0) is 17.6 Å². The maximum atomic E-state index is 12.7. The second kappa shape index (κ2) is 10.1. The molecule has 3 aromatic rings. The third-order valence-electron chi connectivity index (χ3n) is 6.55. The monoisotopic (exact) mass is 442 g/mol. The number of primary amides is 1. The molecule has 0 unspecified atom stereocenters. The van der Waals surface area contributed by atoms with E-state index >= 15 is 0 Å². The van der Waals surface area contributed by atoms with Gasteiger partial charge in [-0.3, -0.25) is 9.69 Å². The van der Waals surface area contributed by atoms with Crippen molar-refractivity contribution in [3.63, 3.8) is 0 Å². The predicted octanol–water partition coefficient (Wildman–Crippen LogP) is 2.72. The highest BCUT2D eigenvalue weighted by atomic mass is 16.5. The molecule has 6 heteroatoms. The number of nitrogens with two attached hydrogens (primary N) is 1. The topological polar surface area (TPSA) is 64.8 Å². The Hall–Kier alpha value is -3.25. The Morgan fingerprint density at radius 2 is 1.79 bits per heavy atom. The maximum absolute atomic E-state index is 12.7. The Balaban J connectivity index is 1.76. The number of aryl methyl sites for hydroxylation is 1. The van der Waals surface area contributed by atoms with E-state index in [0.29, 0.717) is 5.75 Å². The largest absolute Gasteiger partial charge is 0.493 e. The molecule has 1 heterocycles. The van der Waals surface area contributed by atoms with Gasteiger partial charge in [0.2, 0.25) is 5.91 Å². The van der Waals surface area contributed by atoms with E-state index in [1.165, 1.54) is 22.2 Å². The predicted molar refractivity (Wildman–Crippen MR) is 134 cm³/mol. The number of carbonyl (C=O) groups is 1. The molecule has 0 fully saturated rings. The molecule has 4 rings (SSSR count). The number of nitrogens with zero attached hydrogens (tertiary/aromatic N) is 1. The molecule has 3 aromatic carbocycles. The first-order chi connectivity index (χ1) is 16.0. The van der Waals surface area contributed by atoms with E-state index in [1.54, 1.807) is 14.2 Å². The second-order valence-corrected chi connectivity index (χ2v) is 8.65. The zero-order valence-corrected chi connectivity index (χ0v) is 19.6. The van der Waals surface area contributed by atoms with Crippen LogP contribution in [0.3, 0.4) is 0 Å². The molecule has 5 nitrogen and oxygen atoms in total. The van der Waals surface area contributed by atoms with E-state index < -0.39 is 6.04 Å². The number of amides is 1. The Morgan fingerprint density at radius 1 is 1.06 bits per heavy atom. The normalized spacial score (nSPS) is 16.6. The average Bonchev–Trinajstić information content (AvgIpc) is 2.83. The van der Waals surface area contributed by atoms with E-state index in [2.05, 4.69) is 49.1 Å². The highest BCUT2D eigenvalue weighted by Gasteiger charge is 2.36. The van der Waals surface area contributed by atoms with Gasteiger partial charge < -0.3 is 15.2 Å². The standard InChI is InChI=1S/C27H31BN2O3/c1-32-24-16-20-13-14-30(26(27(29)31)19-8-4-3-5-9-19)23(22(20)17-25(24)33-2)12-11-18-7-6-10-21(28)15-18/h3-10,15-17,23,26H,11-14,28H2,1-2H3,(H2,29,31)/t23-,26+/m0/s1. The molecular formula is C27H31BN2O3. The number of methoxy groups -OCH3 is 2. The maximum Gasteiger partial charge on any atom is 0.239 e. The fourth-order valence-corrected chi connectivity index (χ4v) is 5.00. The van der Waals surface area contributed by atoms with Crippen LogP contribution in [0.15, 0.2) is 66.7 Å². The van der Waals surface area contributed by atoms with Crippen molar-refractivity contribution in [2.24, 2.45) is 5.73 Å². The van der Waals surface area contributed by atoms with E-state index in [-0.39, 0.29) is 11.9 Å². The summed E-state index contributed by atoms with van der Waals surface area (Å²) in [5.41, 5.74) is 11.9. The van der Waals surface area contributed by atoms with Gasteiger partial charge in [0.1, 0.15) is 13.9 Å². The zero-order valence-electron chi connectivity index (χ0n) is 19.6. The average molecular weight is 442 g/mol. The highest BCUT2D eigenvalue weighted by molar-refractivity contribution is 6.32. The van der Waals surface area contributed by atoms with E-state index in [4.69, 9.17) is 15.2 Å². The van der Waals surface area contributed by atoms with Crippen LogP contribution in [0, 0.1) is 0 Å². The third-order valence-corrected chi connectivity index (χ3v) is 6.55. The van der Waals surface area contributed by atoms with Crippen LogP contribution in [-0.4, -0.2) is 39.4 Å². The lowest BCUT2D eigenvalue weighted by atomic mass is 9.85. The van der Waals surface area contributed by atoms with Crippen molar-refractivity contribution in [1.82, 2.24) is 4.90 Å². The minimum absolute atomic E-state index is 0.0202. The Labute approximate surface area is 196 Å². The van der Waals surface area contributed by atoms with Gasteiger partial charge in [-0.2, -0.15) is 0 Å². The van der Waals surface area contributed by atoms with Gasteiger partial charge in [0.25, 0.3) is 0 Å². The lowest BCUT2D eigenvalue weighted by Crippen LogP contribution is -2.44. The number of hydrogen-bond donors (Lipinski definition) is 1. The number of hydrogen-bond acceptors (Lipinski definition) is 4. The molecule has 0 saturated heterocycles. The SMILES string of the molecule is Bc1cccc(CC[C@H]2c3cc(OC)c(OC)cc3CCN2[C@@H](C(N)=O)c2ccccc2)c1. The summed E-state index contributed by atoms with van der Waals surface area (Å²) in [5.74, 6) is 1.11. The summed E-state index contributed by atoms with van der Waals surface area (Å²) in [5, 5.41) is 0. The first-order valence-electron chi connectivity index (χ1n) is 11.4. The number of benzene rings is 3. The van der Waals surface area contributed by atoms with Crippen molar-refractivity contribution in [2.45, 2.75) is 31.3 Å². The van der Waals surface area contributed by atoms with Gasteiger partial charge in [0, 0.05) is 12.6 Å². The summed E-state index contributed by atoms with van der Waals surface area (Å²) in [7, 11) is 5.43. The molecule has 0 spiro atoms. The molecule has 1 aliphatic heterocycles. The van der Waals surface area contributed by atoms with Crippen LogP contribution >= 0.6 is 0 Å². The van der Waals surface area contributed by atoms with Crippen molar-refractivity contribution in [3.05, 3.63) is 89.0 Å². The molecule has 0 aliphatic carbocycles. The molecular weight excluding hydrogens is 411 g/mol. The van der Waals surface area contributed by atoms with Gasteiger partial charge in [0.05, 0.1) is 14.2 Å². The lowest BCUT2D eigenvalue weighted by molar-refractivity contribution is -0.124. The summed E-state index contributed by atoms with van der Waals surface area (Å²) in [6, 6.07) is 22.1. The van der Waals surface area contributed by atoms with Crippen LogP contribution in [0.1, 0.15) is 40.8 Å². The van der Waals surface area contributed by atoms with Crippen molar-refractivity contribution < 1.29 is 14.3 Å². The molecule has 2 N–H and O–H groups in total. The van der Waals surface area contributed by atoms with E-state index in [0.717, 1.165) is 37.1 Å². The Bertz CT molecular complexity index is 1120. The minimum Gasteiger partial charge on any atom is -0.493 e. The molecule has 0 aromatic heterocycles. The van der Waals surface area contributed by atoms with Crippen molar-refractivity contribution in [1.29, 1.82) is 0 Å². The zero-order chi connectivity index (χ0) is 23.4. The van der Waals surface area contributed by atoms with Gasteiger partial charge in [-0.15, -0.1) is 0 Å². The van der Waals surface area contributed by atoms with E-state index in [1.807, 2.05) is 30.3 Å². The summed E-state index contributed by atoms with van der Waals surface area (Å²) in [4.78, 5) is 15.0. The number of ether oxygens (including phenoxy) is 2. The van der Waals surface area contributed by atoms with Crippen LogP contribution in [0.2, 0.25) is 0 Å². The first kappa shape index (κ1) is 22.9. The summed E-state index contributed by atoms with van der Waals surface area (Å²) in [6.45, 7) is 0.740. The smallest absolute Gasteiger partial charge is 0.239 e. The van der Waals surface area contributed by atoms with Crippen LogP contribution in [0.5, 0.6) is 11.5 Å². The summed E-state index contributed by atoms with van der Waals surface area (Å²) < 4.78 is 11.2. The lowest BCUT2D eigenvalue weighted by Gasteiger charge is -2.41. The van der Waals surface area contributed by atoms with Gasteiger partial charge in [-0.05, 0) is 53.6 Å². The molecule has 2 atom stereocenters. The van der Waals surface area contributed by atoms with Gasteiger partial charge >= 0.3 is 0 Å². The van der Waals surface area contributed by atoms with Crippen molar-refractivity contribution >= 4 is 19.2 Å². The fourth-order valence-electron chi connectivity index (χ4n) is 5.00. The van der Waals surface area contributed by atoms with Gasteiger partial charge in [0.15, 0.2) is 11.5 Å². The quantitative estimate of drug-likeness (QED) is 0.545.